The predicted molar refractivity (Wildman–Crippen MR) is 70.8 cm³/mol. The minimum absolute atomic E-state index is 0.0855. The first kappa shape index (κ1) is 15.9. The SMILES string of the molecule is COC(CNC(=O)c1cc(C(C)=O)cn1C)CC(=O)O. The number of aryl methyl sites for hydroxylation is 1. The van der Waals surface area contributed by atoms with Crippen LogP contribution in [0.4, 0.5) is 0 Å². The van der Waals surface area contributed by atoms with Crippen LogP contribution in [-0.4, -0.2) is 47.1 Å². The van der Waals surface area contributed by atoms with Crippen molar-refractivity contribution in [2.45, 2.75) is 19.4 Å². The number of hydrogen-bond donors (Lipinski definition) is 2. The lowest BCUT2D eigenvalue weighted by Crippen LogP contribution is -2.35. The first-order valence-electron chi connectivity index (χ1n) is 6.05. The van der Waals surface area contributed by atoms with Crippen LogP contribution in [0.1, 0.15) is 34.2 Å². The van der Waals surface area contributed by atoms with Gasteiger partial charge in [0.15, 0.2) is 5.78 Å². The van der Waals surface area contributed by atoms with Crippen molar-refractivity contribution in [2.75, 3.05) is 13.7 Å². The van der Waals surface area contributed by atoms with Gasteiger partial charge in [-0.1, -0.05) is 0 Å². The van der Waals surface area contributed by atoms with Crippen molar-refractivity contribution in [2.24, 2.45) is 7.05 Å². The molecule has 1 aromatic heterocycles. The Morgan fingerprint density at radius 1 is 1.45 bits per heavy atom. The van der Waals surface area contributed by atoms with Crippen molar-refractivity contribution in [3.8, 4) is 0 Å². The van der Waals surface area contributed by atoms with E-state index in [-0.39, 0.29) is 24.7 Å². The molecule has 1 aromatic rings. The third kappa shape index (κ3) is 4.20. The van der Waals surface area contributed by atoms with E-state index in [1.54, 1.807) is 17.8 Å². The highest BCUT2D eigenvalue weighted by molar-refractivity contribution is 5.99. The molecule has 1 amide bonds. The number of aliphatic carboxylic acids is 1. The molecule has 110 valence electrons. The molecule has 7 heteroatoms. The van der Waals surface area contributed by atoms with Crippen LogP contribution in [-0.2, 0) is 16.6 Å². The van der Waals surface area contributed by atoms with E-state index in [0.717, 1.165) is 0 Å². The fraction of sp³-hybridized carbons (Fsp3) is 0.462. The molecular formula is C13H18N2O5. The number of aromatic nitrogens is 1. The van der Waals surface area contributed by atoms with Gasteiger partial charge in [-0.25, -0.2) is 0 Å². The van der Waals surface area contributed by atoms with E-state index in [4.69, 9.17) is 9.84 Å². The molecule has 7 nitrogen and oxygen atoms in total. The molecule has 0 fully saturated rings. The Kier molecular flexibility index (Phi) is 5.45. The summed E-state index contributed by atoms with van der Waals surface area (Å²) in [5.74, 6) is -1.50. The monoisotopic (exact) mass is 282 g/mol. The summed E-state index contributed by atoms with van der Waals surface area (Å²) in [5.41, 5.74) is 0.784. The standard InChI is InChI=1S/C13H18N2O5/c1-8(16)9-4-11(15(2)7-9)13(19)14-6-10(20-3)5-12(17)18/h4,7,10H,5-6H2,1-3H3,(H,14,19)(H,17,18). The van der Waals surface area contributed by atoms with Crippen LogP contribution >= 0.6 is 0 Å². The summed E-state index contributed by atoms with van der Waals surface area (Å²) in [7, 11) is 3.04. The van der Waals surface area contributed by atoms with Gasteiger partial charge >= 0.3 is 5.97 Å². The number of carboxylic acids is 1. The molecule has 0 bridgehead atoms. The van der Waals surface area contributed by atoms with Gasteiger partial charge in [-0.2, -0.15) is 0 Å². The summed E-state index contributed by atoms with van der Waals surface area (Å²) in [6.45, 7) is 1.51. The number of amides is 1. The van der Waals surface area contributed by atoms with E-state index in [1.165, 1.54) is 20.1 Å². The Hall–Kier alpha value is -2.15. The largest absolute Gasteiger partial charge is 0.481 e. The number of nitrogens with zero attached hydrogens (tertiary/aromatic N) is 1. The summed E-state index contributed by atoms with van der Waals surface area (Å²) in [6.07, 6.45) is 0.786. The highest BCUT2D eigenvalue weighted by Crippen LogP contribution is 2.08. The summed E-state index contributed by atoms with van der Waals surface area (Å²) < 4.78 is 6.51. The fourth-order valence-corrected chi connectivity index (χ4v) is 1.71. The van der Waals surface area contributed by atoms with Gasteiger partial charge in [-0.05, 0) is 13.0 Å². The molecule has 0 spiro atoms. The number of carboxylic acid groups (broad SMARTS) is 1. The first-order chi connectivity index (χ1) is 9.35. The Labute approximate surface area is 116 Å². The molecule has 1 unspecified atom stereocenters. The molecule has 0 aliphatic rings. The Morgan fingerprint density at radius 2 is 2.10 bits per heavy atom. The average molecular weight is 282 g/mol. The molecule has 0 radical (unpaired) electrons. The number of nitrogens with one attached hydrogen (secondary N) is 1. The fourth-order valence-electron chi connectivity index (χ4n) is 1.71. The maximum Gasteiger partial charge on any atom is 0.306 e. The van der Waals surface area contributed by atoms with E-state index >= 15 is 0 Å². The van der Waals surface area contributed by atoms with Crippen LogP contribution in [0.5, 0.6) is 0 Å². The molecule has 1 rings (SSSR count). The van der Waals surface area contributed by atoms with Crippen LogP contribution in [0.15, 0.2) is 12.3 Å². The van der Waals surface area contributed by atoms with Gasteiger partial charge in [-0.15, -0.1) is 0 Å². The lowest BCUT2D eigenvalue weighted by Gasteiger charge is -2.14. The van der Waals surface area contributed by atoms with Crippen molar-refractivity contribution in [1.29, 1.82) is 0 Å². The van der Waals surface area contributed by atoms with E-state index in [1.807, 2.05) is 0 Å². The number of carbonyl (C=O) groups is 3. The lowest BCUT2D eigenvalue weighted by molar-refractivity contribution is -0.139. The summed E-state index contributed by atoms with van der Waals surface area (Å²) in [6, 6.07) is 1.50. The molecule has 0 aliphatic heterocycles. The summed E-state index contributed by atoms with van der Waals surface area (Å²) in [5, 5.41) is 11.3. The van der Waals surface area contributed by atoms with E-state index < -0.39 is 12.1 Å². The maximum absolute atomic E-state index is 12.0. The van der Waals surface area contributed by atoms with E-state index in [9.17, 15) is 14.4 Å². The lowest BCUT2D eigenvalue weighted by atomic mass is 10.2. The normalized spacial score (nSPS) is 11.9. The van der Waals surface area contributed by atoms with Crippen molar-refractivity contribution in [1.82, 2.24) is 9.88 Å². The number of Topliss-reactive ketones (excluding diaryl/α,β-unsaturated/α-hetero) is 1. The Balaban J connectivity index is 2.67. The van der Waals surface area contributed by atoms with Gasteiger partial charge in [0.2, 0.25) is 0 Å². The second-order valence-corrected chi connectivity index (χ2v) is 4.45. The number of ether oxygens (including phenoxy) is 1. The van der Waals surface area contributed by atoms with Crippen LogP contribution in [0.3, 0.4) is 0 Å². The van der Waals surface area contributed by atoms with Crippen LogP contribution in [0.25, 0.3) is 0 Å². The topological polar surface area (TPSA) is 97.6 Å². The molecule has 2 N–H and O–H groups in total. The van der Waals surface area contributed by atoms with Crippen molar-refractivity contribution < 1.29 is 24.2 Å². The quantitative estimate of drug-likeness (QED) is 0.707. The zero-order valence-corrected chi connectivity index (χ0v) is 11.7. The number of rotatable bonds is 7. The third-order valence-corrected chi connectivity index (χ3v) is 2.87. The molecule has 20 heavy (non-hydrogen) atoms. The summed E-state index contributed by atoms with van der Waals surface area (Å²) in [4.78, 5) is 33.8. The summed E-state index contributed by atoms with van der Waals surface area (Å²) >= 11 is 0. The highest BCUT2D eigenvalue weighted by atomic mass is 16.5. The third-order valence-electron chi connectivity index (χ3n) is 2.87. The molecule has 1 atom stereocenters. The predicted octanol–water partition coefficient (Wildman–Crippen LogP) is 0.447. The number of methoxy groups -OCH3 is 1. The molecule has 0 saturated heterocycles. The zero-order chi connectivity index (χ0) is 15.3. The van der Waals surface area contributed by atoms with Gasteiger partial charge < -0.3 is 19.7 Å². The molecular weight excluding hydrogens is 264 g/mol. The van der Waals surface area contributed by atoms with Crippen LogP contribution < -0.4 is 5.32 Å². The average Bonchev–Trinajstić information content (AvgIpc) is 2.76. The molecule has 1 heterocycles. The molecule has 0 saturated carbocycles. The smallest absolute Gasteiger partial charge is 0.306 e. The first-order valence-corrected chi connectivity index (χ1v) is 6.05. The highest BCUT2D eigenvalue weighted by Gasteiger charge is 2.17. The second-order valence-electron chi connectivity index (χ2n) is 4.45. The number of carbonyl (C=O) groups excluding carboxylic acids is 2. The van der Waals surface area contributed by atoms with E-state index in [0.29, 0.717) is 11.3 Å². The van der Waals surface area contributed by atoms with Gasteiger partial charge in [0.25, 0.3) is 5.91 Å². The molecule has 0 aliphatic carbocycles. The van der Waals surface area contributed by atoms with Crippen molar-refractivity contribution in [3.63, 3.8) is 0 Å². The van der Waals surface area contributed by atoms with Gasteiger partial charge in [-0.3, -0.25) is 14.4 Å². The van der Waals surface area contributed by atoms with Gasteiger partial charge in [0.05, 0.1) is 12.5 Å². The van der Waals surface area contributed by atoms with Crippen molar-refractivity contribution >= 4 is 17.7 Å². The minimum atomic E-state index is -0.996. The Morgan fingerprint density at radius 3 is 2.55 bits per heavy atom. The Bertz CT molecular complexity index is 521. The van der Waals surface area contributed by atoms with Crippen LogP contribution in [0, 0.1) is 0 Å². The second kappa shape index (κ2) is 6.85. The van der Waals surface area contributed by atoms with Gasteiger partial charge in [0, 0.05) is 32.5 Å². The zero-order valence-electron chi connectivity index (χ0n) is 11.7. The maximum atomic E-state index is 12.0. The molecule has 0 aromatic carbocycles. The van der Waals surface area contributed by atoms with Gasteiger partial charge in [0.1, 0.15) is 5.69 Å². The minimum Gasteiger partial charge on any atom is -0.481 e. The van der Waals surface area contributed by atoms with E-state index in [2.05, 4.69) is 5.32 Å². The number of hydrogen-bond acceptors (Lipinski definition) is 4. The number of ketones is 1. The van der Waals surface area contributed by atoms with Crippen molar-refractivity contribution in [3.05, 3.63) is 23.5 Å². The van der Waals surface area contributed by atoms with Crippen LogP contribution in [0.2, 0.25) is 0 Å².